The molecule has 0 atom stereocenters. The van der Waals surface area contributed by atoms with Gasteiger partial charge in [-0.3, -0.25) is 4.79 Å². The molecule has 20 heavy (non-hydrogen) atoms. The van der Waals surface area contributed by atoms with E-state index in [2.05, 4.69) is 0 Å². The van der Waals surface area contributed by atoms with Crippen molar-refractivity contribution in [3.63, 3.8) is 0 Å². The molecule has 2 rings (SSSR count). The summed E-state index contributed by atoms with van der Waals surface area (Å²) in [7, 11) is 1.83. The van der Waals surface area contributed by atoms with E-state index in [1.165, 1.54) is 6.07 Å². The summed E-state index contributed by atoms with van der Waals surface area (Å²) >= 11 is 0. The molecule has 0 radical (unpaired) electrons. The Morgan fingerprint density at radius 2 is 2.10 bits per heavy atom. The van der Waals surface area contributed by atoms with E-state index in [1.54, 1.807) is 0 Å². The molecular weight excluding hydrogens is 258 g/mol. The molecule has 1 heterocycles. The van der Waals surface area contributed by atoms with E-state index in [0.717, 1.165) is 16.5 Å². The highest BCUT2D eigenvalue weighted by atomic mass is 16.4. The predicted molar refractivity (Wildman–Crippen MR) is 75.8 cm³/mol. The minimum Gasteiger partial charge on any atom is -0.481 e. The van der Waals surface area contributed by atoms with Crippen LogP contribution in [-0.4, -0.2) is 29.6 Å². The van der Waals surface area contributed by atoms with Gasteiger partial charge >= 0.3 is 11.6 Å². The third-order valence-electron chi connectivity index (χ3n) is 3.13. The highest BCUT2D eigenvalue weighted by Gasteiger charge is 2.09. The number of hydrogen-bond donors (Lipinski definition) is 1. The zero-order valence-corrected chi connectivity index (χ0v) is 11.5. The van der Waals surface area contributed by atoms with Gasteiger partial charge < -0.3 is 14.4 Å². The molecule has 1 aromatic carbocycles. The van der Waals surface area contributed by atoms with Crippen molar-refractivity contribution in [3.8, 4) is 0 Å². The zero-order valence-electron chi connectivity index (χ0n) is 11.5. The quantitative estimate of drug-likeness (QED) is 0.845. The lowest BCUT2D eigenvalue weighted by molar-refractivity contribution is -0.137. The lowest BCUT2D eigenvalue weighted by atomic mass is 10.1. The number of carboxylic acids is 1. The van der Waals surface area contributed by atoms with Crippen molar-refractivity contribution in [2.45, 2.75) is 19.9 Å². The molecule has 0 saturated heterocycles. The lowest BCUT2D eigenvalue weighted by Crippen LogP contribution is -2.22. The minimum absolute atomic E-state index is 0.0784. The Hall–Kier alpha value is -2.14. The van der Waals surface area contributed by atoms with Crippen molar-refractivity contribution in [1.29, 1.82) is 0 Å². The fourth-order valence-corrected chi connectivity index (χ4v) is 2.12. The molecule has 0 amide bonds. The van der Waals surface area contributed by atoms with E-state index in [9.17, 15) is 9.59 Å². The smallest absolute Gasteiger partial charge is 0.336 e. The molecule has 106 valence electrons. The average molecular weight is 275 g/mol. The van der Waals surface area contributed by atoms with E-state index in [4.69, 9.17) is 9.52 Å². The van der Waals surface area contributed by atoms with Crippen LogP contribution in [-0.2, 0) is 11.3 Å². The molecule has 1 aromatic heterocycles. The second-order valence-corrected chi connectivity index (χ2v) is 4.97. The van der Waals surface area contributed by atoms with Crippen molar-refractivity contribution >= 4 is 16.9 Å². The van der Waals surface area contributed by atoms with Gasteiger partial charge in [-0.2, -0.15) is 0 Å². The number of aliphatic carboxylic acids is 1. The Kier molecular flexibility index (Phi) is 4.20. The molecule has 0 unspecified atom stereocenters. The van der Waals surface area contributed by atoms with Crippen LogP contribution in [0.15, 0.2) is 33.5 Å². The molecule has 0 aliphatic heterocycles. The summed E-state index contributed by atoms with van der Waals surface area (Å²) in [6.07, 6.45) is 0.0784. The van der Waals surface area contributed by atoms with Gasteiger partial charge in [-0.15, -0.1) is 0 Å². The molecule has 1 N–H and O–H groups in total. The summed E-state index contributed by atoms with van der Waals surface area (Å²) in [4.78, 5) is 24.0. The summed E-state index contributed by atoms with van der Waals surface area (Å²) in [5.41, 5.74) is 2.06. The first kappa shape index (κ1) is 14.3. The molecule has 0 fully saturated rings. The van der Waals surface area contributed by atoms with Crippen LogP contribution >= 0.6 is 0 Å². The van der Waals surface area contributed by atoms with Gasteiger partial charge in [0.25, 0.3) is 0 Å². The first-order valence-corrected chi connectivity index (χ1v) is 6.39. The highest BCUT2D eigenvalue weighted by Crippen LogP contribution is 2.19. The predicted octanol–water partition coefficient (Wildman–Crippen LogP) is 2.01. The number of rotatable bonds is 5. The number of carboxylic acid groups (broad SMARTS) is 1. The average Bonchev–Trinajstić information content (AvgIpc) is 2.35. The third-order valence-corrected chi connectivity index (χ3v) is 3.13. The van der Waals surface area contributed by atoms with Crippen LogP contribution in [0.3, 0.4) is 0 Å². The third kappa shape index (κ3) is 3.45. The van der Waals surface area contributed by atoms with Crippen LogP contribution < -0.4 is 5.63 Å². The molecule has 5 heteroatoms. The molecule has 0 spiro atoms. The van der Waals surface area contributed by atoms with Gasteiger partial charge in [0.2, 0.25) is 0 Å². The number of hydrogen-bond acceptors (Lipinski definition) is 4. The summed E-state index contributed by atoms with van der Waals surface area (Å²) in [6.45, 7) is 2.88. The number of benzene rings is 1. The Balaban J connectivity index is 2.29. The van der Waals surface area contributed by atoms with Crippen LogP contribution in [0.5, 0.6) is 0 Å². The van der Waals surface area contributed by atoms with Crippen molar-refractivity contribution in [3.05, 3.63) is 45.8 Å². The SMILES string of the molecule is Cc1ccc2c(CN(C)CCC(=O)O)cc(=O)oc2c1. The maximum absolute atomic E-state index is 11.6. The van der Waals surface area contributed by atoms with Crippen LogP contribution in [0, 0.1) is 6.92 Å². The van der Waals surface area contributed by atoms with Gasteiger partial charge in [0, 0.05) is 24.5 Å². The second-order valence-electron chi connectivity index (χ2n) is 4.97. The Morgan fingerprint density at radius 1 is 1.35 bits per heavy atom. The number of aryl methyl sites for hydroxylation is 1. The van der Waals surface area contributed by atoms with Crippen molar-refractivity contribution in [2.24, 2.45) is 0 Å². The largest absolute Gasteiger partial charge is 0.481 e. The second kappa shape index (κ2) is 5.88. The van der Waals surface area contributed by atoms with Crippen LogP contribution in [0.1, 0.15) is 17.5 Å². The van der Waals surface area contributed by atoms with E-state index in [1.807, 2.05) is 37.1 Å². The summed E-state index contributed by atoms with van der Waals surface area (Å²) < 4.78 is 5.19. The first-order chi connectivity index (χ1) is 9.45. The molecule has 0 aliphatic carbocycles. The van der Waals surface area contributed by atoms with Crippen LogP contribution in [0.4, 0.5) is 0 Å². The monoisotopic (exact) mass is 275 g/mol. The summed E-state index contributed by atoms with van der Waals surface area (Å²) in [6, 6.07) is 7.18. The number of carbonyl (C=O) groups is 1. The maximum atomic E-state index is 11.6. The molecule has 0 saturated carbocycles. The topological polar surface area (TPSA) is 70.8 Å². The van der Waals surface area contributed by atoms with Gasteiger partial charge in [-0.1, -0.05) is 12.1 Å². The Bertz CT molecular complexity index is 690. The van der Waals surface area contributed by atoms with Crippen LogP contribution in [0.25, 0.3) is 11.0 Å². The fraction of sp³-hybridized carbons (Fsp3) is 0.333. The van der Waals surface area contributed by atoms with E-state index in [0.29, 0.717) is 18.7 Å². The minimum atomic E-state index is -0.829. The highest BCUT2D eigenvalue weighted by molar-refractivity contribution is 5.80. The van der Waals surface area contributed by atoms with Crippen molar-refractivity contribution < 1.29 is 14.3 Å². The number of fused-ring (bicyclic) bond motifs is 1. The molecule has 0 bridgehead atoms. The maximum Gasteiger partial charge on any atom is 0.336 e. The van der Waals surface area contributed by atoms with Gasteiger partial charge in [0.15, 0.2) is 0 Å². The van der Waals surface area contributed by atoms with Gasteiger partial charge in [-0.05, 0) is 31.2 Å². The molecule has 5 nitrogen and oxygen atoms in total. The Labute approximate surface area is 116 Å². The summed E-state index contributed by atoms with van der Waals surface area (Å²) in [5.74, 6) is -0.829. The van der Waals surface area contributed by atoms with Gasteiger partial charge in [-0.25, -0.2) is 4.79 Å². The first-order valence-electron chi connectivity index (χ1n) is 6.39. The van der Waals surface area contributed by atoms with Gasteiger partial charge in [0.05, 0.1) is 6.42 Å². The fourth-order valence-electron chi connectivity index (χ4n) is 2.12. The molecular formula is C15H17NO4. The lowest BCUT2D eigenvalue weighted by Gasteiger charge is -2.16. The number of nitrogens with zero attached hydrogens (tertiary/aromatic N) is 1. The van der Waals surface area contributed by atoms with Crippen molar-refractivity contribution in [1.82, 2.24) is 4.90 Å². The van der Waals surface area contributed by atoms with E-state index in [-0.39, 0.29) is 12.0 Å². The van der Waals surface area contributed by atoms with Crippen molar-refractivity contribution in [2.75, 3.05) is 13.6 Å². The molecule has 2 aromatic rings. The zero-order chi connectivity index (χ0) is 14.7. The van der Waals surface area contributed by atoms with E-state index < -0.39 is 5.97 Å². The Morgan fingerprint density at radius 3 is 2.80 bits per heavy atom. The normalized spacial score (nSPS) is 11.2. The molecule has 0 aliphatic rings. The van der Waals surface area contributed by atoms with Gasteiger partial charge in [0.1, 0.15) is 5.58 Å². The standard InChI is InChI=1S/C15H17NO4/c1-10-3-4-12-11(8-15(19)20-13(12)7-10)9-16(2)6-5-14(17)18/h3-4,7-8H,5-6,9H2,1-2H3,(H,17,18). The van der Waals surface area contributed by atoms with Crippen LogP contribution in [0.2, 0.25) is 0 Å². The van der Waals surface area contributed by atoms with E-state index >= 15 is 0 Å². The summed E-state index contributed by atoms with van der Waals surface area (Å²) in [5, 5.41) is 9.57.